The van der Waals surface area contributed by atoms with Crippen LogP contribution in [-0.4, -0.2) is 56.7 Å². The lowest BCUT2D eigenvalue weighted by molar-refractivity contribution is -0.125. The molecule has 148 valence electrons. The number of carbonyl (C=O) groups is 1. The molecule has 8 nitrogen and oxygen atoms in total. The number of anilines is 3. The Morgan fingerprint density at radius 2 is 2.21 bits per heavy atom. The third kappa shape index (κ3) is 3.34. The van der Waals surface area contributed by atoms with Crippen LogP contribution in [0.2, 0.25) is 0 Å². The van der Waals surface area contributed by atoms with Gasteiger partial charge in [-0.05, 0) is 25.0 Å². The Morgan fingerprint density at radius 1 is 1.43 bits per heavy atom. The zero-order chi connectivity index (χ0) is 19.7. The Bertz CT molecular complexity index is 871. The molecule has 8 heteroatoms. The van der Waals surface area contributed by atoms with Crippen LogP contribution in [0.15, 0.2) is 37.3 Å². The summed E-state index contributed by atoms with van der Waals surface area (Å²) in [5.41, 5.74) is 0.980. The molecule has 1 spiro atoms. The average molecular weight is 381 g/mol. The van der Waals surface area contributed by atoms with Crippen molar-refractivity contribution in [1.82, 2.24) is 24.6 Å². The summed E-state index contributed by atoms with van der Waals surface area (Å²) < 4.78 is 1.73. The van der Waals surface area contributed by atoms with Crippen molar-refractivity contribution in [1.29, 1.82) is 0 Å². The highest BCUT2D eigenvalue weighted by molar-refractivity contribution is 5.87. The van der Waals surface area contributed by atoms with E-state index in [-0.39, 0.29) is 17.4 Å². The quantitative estimate of drug-likeness (QED) is 0.801. The average Bonchev–Trinajstić information content (AvgIpc) is 3.42. The summed E-state index contributed by atoms with van der Waals surface area (Å²) in [7, 11) is 3.94. The minimum atomic E-state index is 0.0174. The summed E-state index contributed by atoms with van der Waals surface area (Å²) in [5, 5.41) is 7.35. The van der Waals surface area contributed by atoms with Gasteiger partial charge >= 0.3 is 0 Å². The first-order valence-corrected chi connectivity index (χ1v) is 9.74. The fraction of sp³-hybridized carbons (Fsp3) is 0.500. The van der Waals surface area contributed by atoms with Crippen LogP contribution in [0.4, 0.5) is 17.5 Å². The van der Waals surface area contributed by atoms with Crippen LogP contribution >= 0.6 is 0 Å². The van der Waals surface area contributed by atoms with E-state index < -0.39 is 0 Å². The van der Waals surface area contributed by atoms with Gasteiger partial charge in [0.25, 0.3) is 0 Å². The molecule has 4 rings (SSSR count). The number of amides is 1. The molecule has 2 aromatic rings. The smallest absolute Gasteiger partial charge is 0.246 e. The largest absolute Gasteiger partial charge is 0.354 e. The molecule has 1 N–H and O–H groups in total. The number of hydrogen-bond donors (Lipinski definition) is 1. The monoisotopic (exact) mass is 381 g/mol. The van der Waals surface area contributed by atoms with Crippen molar-refractivity contribution in [2.45, 2.75) is 31.7 Å². The third-order valence-electron chi connectivity index (χ3n) is 6.12. The molecular formula is C20H27N7O. The van der Waals surface area contributed by atoms with Crippen LogP contribution in [-0.2, 0) is 11.8 Å². The molecule has 1 saturated heterocycles. The summed E-state index contributed by atoms with van der Waals surface area (Å²) in [4.78, 5) is 25.5. The number of aryl methyl sites for hydroxylation is 1. The number of carbonyl (C=O) groups excluding carboxylic acids is 1. The van der Waals surface area contributed by atoms with E-state index in [1.807, 2.05) is 24.2 Å². The molecule has 0 radical (unpaired) electrons. The number of hydrogen-bond acceptors (Lipinski definition) is 6. The fourth-order valence-electron chi connectivity index (χ4n) is 4.73. The Hall–Kier alpha value is -2.90. The summed E-state index contributed by atoms with van der Waals surface area (Å²) in [6.45, 7) is 5.17. The molecule has 0 bridgehead atoms. The van der Waals surface area contributed by atoms with Gasteiger partial charge in [-0.25, -0.2) is 4.98 Å². The van der Waals surface area contributed by atoms with Crippen LogP contribution in [0.25, 0.3) is 0 Å². The Balaban J connectivity index is 1.57. The zero-order valence-corrected chi connectivity index (χ0v) is 16.5. The number of aromatic nitrogens is 4. The molecule has 2 aromatic heterocycles. The number of nitrogens with zero attached hydrogens (tertiary/aromatic N) is 6. The molecule has 1 aliphatic heterocycles. The van der Waals surface area contributed by atoms with Gasteiger partial charge in [-0.1, -0.05) is 19.4 Å². The van der Waals surface area contributed by atoms with Crippen LogP contribution in [0, 0.1) is 5.41 Å². The topological polar surface area (TPSA) is 79.2 Å². The maximum absolute atomic E-state index is 12.3. The van der Waals surface area contributed by atoms with Crippen molar-refractivity contribution in [2.75, 3.05) is 30.4 Å². The van der Waals surface area contributed by atoms with Gasteiger partial charge < -0.3 is 15.1 Å². The van der Waals surface area contributed by atoms with Crippen molar-refractivity contribution < 1.29 is 4.79 Å². The van der Waals surface area contributed by atoms with Gasteiger partial charge in [-0.15, -0.1) is 0 Å². The molecule has 1 amide bonds. The van der Waals surface area contributed by atoms with E-state index in [0.29, 0.717) is 12.5 Å². The Morgan fingerprint density at radius 3 is 2.89 bits per heavy atom. The van der Waals surface area contributed by atoms with Crippen molar-refractivity contribution in [3.05, 3.63) is 37.3 Å². The summed E-state index contributed by atoms with van der Waals surface area (Å²) in [6.07, 6.45) is 11.5. The number of rotatable bonds is 5. The Kier molecular flexibility index (Phi) is 4.78. The molecule has 1 aliphatic carbocycles. The van der Waals surface area contributed by atoms with E-state index in [2.05, 4.69) is 33.9 Å². The number of likely N-dealkylation sites (tertiary alicyclic amines) is 1. The standard InChI is InChI=1S/C20H27N7O/c1-4-18(28)27-13-16(20(14-27)8-5-6-9-20)26(3)17-7-10-21-19(24-17)23-15-11-22-25(2)12-15/h4,7,10-12,16H,1,5-6,8-9,13-14H2,2-3H3,(H,21,23,24). The first-order valence-electron chi connectivity index (χ1n) is 9.74. The van der Waals surface area contributed by atoms with Crippen molar-refractivity contribution >= 4 is 23.4 Å². The van der Waals surface area contributed by atoms with Gasteiger partial charge in [-0.2, -0.15) is 10.1 Å². The summed E-state index contributed by atoms with van der Waals surface area (Å²) >= 11 is 0. The van der Waals surface area contributed by atoms with Gasteiger partial charge in [0.05, 0.1) is 17.9 Å². The van der Waals surface area contributed by atoms with Gasteiger partial charge in [0.1, 0.15) is 5.82 Å². The van der Waals surface area contributed by atoms with E-state index in [0.717, 1.165) is 30.9 Å². The van der Waals surface area contributed by atoms with Crippen LogP contribution in [0.5, 0.6) is 0 Å². The van der Waals surface area contributed by atoms with E-state index >= 15 is 0 Å². The second-order valence-electron chi connectivity index (χ2n) is 7.89. The highest BCUT2D eigenvalue weighted by Gasteiger charge is 2.50. The molecule has 1 saturated carbocycles. The molecule has 1 unspecified atom stereocenters. The van der Waals surface area contributed by atoms with Crippen molar-refractivity contribution in [3.8, 4) is 0 Å². The normalized spacial score (nSPS) is 20.5. The summed E-state index contributed by atoms with van der Waals surface area (Å²) in [6, 6.07) is 2.16. The number of nitrogens with one attached hydrogen (secondary N) is 1. The zero-order valence-electron chi connectivity index (χ0n) is 16.5. The minimum Gasteiger partial charge on any atom is -0.354 e. The molecule has 3 heterocycles. The lowest BCUT2D eigenvalue weighted by Gasteiger charge is -2.37. The minimum absolute atomic E-state index is 0.0174. The van der Waals surface area contributed by atoms with Gasteiger partial charge in [0.15, 0.2) is 0 Å². The Labute approximate surface area is 165 Å². The number of likely N-dealkylation sites (N-methyl/N-ethyl adjacent to an activating group) is 1. The highest BCUT2D eigenvalue weighted by atomic mass is 16.2. The van der Waals surface area contributed by atoms with Gasteiger partial charge in [0, 0.05) is 45.0 Å². The molecule has 28 heavy (non-hydrogen) atoms. The van der Waals surface area contributed by atoms with Crippen LogP contribution in [0.3, 0.4) is 0 Å². The predicted octanol–water partition coefficient (Wildman–Crippen LogP) is 2.35. The SMILES string of the molecule is C=CC(=O)N1CC(N(C)c2ccnc(Nc3cnn(C)c3)n2)C2(CCCC2)C1. The maximum atomic E-state index is 12.3. The van der Waals surface area contributed by atoms with E-state index in [9.17, 15) is 4.79 Å². The molecular weight excluding hydrogens is 354 g/mol. The van der Waals surface area contributed by atoms with E-state index in [1.54, 1.807) is 17.1 Å². The second-order valence-corrected chi connectivity index (χ2v) is 7.89. The summed E-state index contributed by atoms with van der Waals surface area (Å²) in [5.74, 6) is 1.41. The van der Waals surface area contributed by atoms with Crippen LogP contribution < -0.4 is 10.2 Å². The molecule has 2 aliphatic rings. The first kappa shape index (κ1) is 18.5. The van der Waals surface area contributed by atoms with Crippen molar-refractivity contribution in [2.24, 2.45) is 12.5 Å². The molecule has 1 atom stereocenters. The van der Waals surface area contributed by atoms with E-state index in [1.165, 1.54) is 18.9 Å². The predicted molar refractivity (Wildman–Crippen MR) is 108 cm³/mol. The third-order valence-corrected chi connectivity index (χ3v) is 6.12. The fourth-order valence-corrected chi connectivity index (χ4v) is 4.73. The van der Waals surface area contributed by atoms with Crippen LogP contribution in [0.1, 0.15) is 25.7 Å². The second kappa shape index (κ2) is 7.26. The first-order chi connectivity index (χ1) is 13.5. The molecule has 0 aromatic carbocycles. The lowest BCUT2D eigenvalue weighted by atomic mass is 9.80. The molecule has 2 fully saturated rings. The van der Waals surface area contributed by atoms with Gasteiger partial charge in [0.2, 0.25) is 11.9 Å². The highest BCUT2D eigenvalue weighted by Crippen LogP contribution is 2.47. The van der Waals surface area contributed by atoms with Crippen molar-refractivity contribution in [3.63, 3.8) is 0 Å². The maximum Gasteiger partial charge on any atom is 0.246 e. The van der Waals surface area contributed by atoms with Gasteiger partial charge in [-0.3, -0.25) is 9.48 Å². The van der Waals surface area contributed by atoms with E-state index in [4.69, 9.17) is 4.98 Å². The lowest BCUT2D eigenvalue weighted by Crippen LogP contribution is -2.44.